The third-order valence-electron chi connectivity index (χ3n) is 5.11. The maximum atomic E-state index is 12.5. The molecule has 3 aromatic rings. The topological polar surface area (TPSA) is 36.4 Å². The number of carbonyl (C=O) groups is 1. The van der Waals surface area contributed by atoms with Gasteiger partial charge in [-0.05, 0) is 23.6 Å². The van der Waals surface area contributed by atoms with E-state index in [0.29, 0.717) is 5.75 Å². The van der Waals surface area contributed by atoms with Crippen LogP contribution in [0.1, 0.15) is 18.1 Å². The average Bonchev–Trinajstić information content (AvgIpc) is 3.19. The predicted octanol–water partition coefficient (Wildman–Crippen LogP) is 4.44. The fourth-order valence-corrected chi connectivity index (χ4v) is 5.44. The zero-order valence-corrected chi connectivity index (χ0v) is 17.8. The first-order valence-electron chi connectivity index (χ1n) is 9.77. The Balaban J connectivity index is 1.30. The molecule has 0 unspecified atom stereocenters. The standard InChI is InChI=1S/C22H25N3OS2/c1-2-18-9-6-10-19-21(18)23-22(28-19)25-13-11-24(12-14-25)20(26)16-27-15-17-7-4-3-5-8-17/h3-10H,2,11-16H2,1H3. The number of anilines is 1. The Labute approximate surface area is 174 Å². The van der Waals surface area contributed by atoms with Gasteiger partial charge in [0, 0.05) is 31.9 Å². The lowest BCUT2D eigenvalue weighted by atomic mass is 10.1. The van der Waals surface area contributed by atoms with E-state index in [4.69, 9.17) is 4.98 Å². The van der Waals surface area contributed by atoms with Crippen LogP contribution < -0.4 is 4.90 Å². The van der Waals surface area contributed by atoms with Crippen molar-refractivity contribution in [1.29, 1.82) is 0 Å². The van der Waals surface area contributed by atoms with E-state index in [0.717, 1.165) is 49.0 Å². The lowest BCUT2D eigenvalue weighted by Gasteiger charge is -2.34. The molecule has 0 saturated carbocycles. The Kier molecular flexibility index (Phi) is 6.17. The number of nitrogens with zero attached hydrogens (tertiary/aromatic N) is 3. The number of aromatic nitrogens is 1. The van der Waals surface area contributed by atoms with Crippen LogP contribution >= 0.6 is 23.1 Å². The maximum absolute atomic E-state index is 12.5. The molecular formula is C22H25N3OS2. The molecule has 0 bridgehead atoms. The zero-order chi connectivity index (χ0) is 19.3. The van der Waals surface area contributed by atoms with Crippen molar-refractivity contribution in [2.45, 2.75) is 19.1 Å². The molecule has 146 valence electrons. The van der Waals surface area contributed by atoms with E-state index in [-0.39, 0.29) is 5.91 Å². The van der Waals surface area contributed by atoms with E-state index in [1.165, 1.54) is 15.8 Å². The van der Waals surface area contributed by atoms with Gasteiger partial charge < -0.3 is 9.80 Å². The Morgan fingerprint density at radius 2 is 1.86 bits per heavy atom. The summed E-state index contributed by atoms with van der Waals surface area (Å²) in [6.07, 6.45) is 1.00. The molecule has 1 amide bonds. The van der Waals surface area contributed by atoms with Gasteiger partial charge in [0.1, 0.15) is 0 Å². The smallest absolute Gasteiger partial charge is 0.232 e. The normalized spacial score (nSPS) is 14.6. The third-order valence-corrected chi connectivity index (χ3v) is 7.18. The highest BCUT2D eigenvalue weighted by Crippen LogP contribution is 2.31. The average molecular weight is 412 g/mol. The number of fused-ring (bicyclic) bond motifs is 1. The van der Waals surface area contributed by atoms with Gasteiger partial charge in [-0.2, -0.15) is 0 Å². The molecule has 1 aliphatic rings. The van der Waals surface area contributed by atoms with Gasteiger partial charge >= 0.3 is 0 Å². The van der Waals surface area contributed by atoms with Crippen molar-refractivity contribution in [2.24, 2.45) is 0 Å². The predicted molar refractivity (Wildman–Crippen MR) is 120 cm³/mol. The van der Waals surface area contributed by atoms with Crippen LogP contribution in [0.3, 0.4) is 0 Å². The molecule has 0 atom stereocenters. The molecule has 0 spiro atoms. The van der Waals surface area contributed by atoms with E-state index in [1.807, 2.05) is 23.1 Å². The number of thioether (sulfide) groups is 1. The molecular weight excluding hydrogens is 386 g/mol. The van der Waals surface area contributed by atoms with Crippen LogP contribution in [0.15, 0.2) is 48.5 Å². The summed E-state index contributed by atoms with van der Waals surface area (Å²) in [4.78, 5) is 21.8. The molecule has 0 N–H and O–H groups in total. The van der Waals surface area contributed by atoms with Crippen molar-refractivity contribution in [3.05, 3.63) is 59.7 Å². The van der Waals surface area contributed by atoms with E-state index < -0.39 is 0 Å². The van der Waals surface area contributed by atoms with Crippen LogP contribution in [0.4, 0.5) is 5.13 Å². The number of thiazole rings is 1. The summed E-state index contributed by atoms with van der Waals surface area (Å²) >= 11 is 3.46. The Bertz CT molecular complexity index is 933. The number of aryl methyl sites for hydroxylation is 1. The molecule has 0 radical (unpaired) electrons. The lowest BCUT2D eigenvalue weighted by Crippen LogP contribution is -2.49. The van der Waals surface area contributed by atoms with Gasteiger partial charge in [0.2, 0.25) is 5.91 Å². The number of hydrogen-bond donors (Lipinski definition) is 0. The van der Waals surface area contributed by atoms with Crippen molar-refractivity contribution in [3.63, 3.8) is 0 Å². The molecule has 0 aliphatic carbocycles. The minimum Gasteiger partial charge on any atom is -0.345 e. The van der Waals surface area contributed by atoms with E-state index in [2.05, 4.69) is 42.2 Å². The molecule has 2 heterocycles. The van der Waals surface area contributed by atoms with E-state index >= 15 is 0 Å². The highest BCUT2D eigenvalue weighted by Gasteiger charge is 2.23. The largest absolute Gasteiger partial charge is 0.345 e. The van der Waals surface area contributed by atoms with Crippen molar-refractivity contribution in [3.8, 4) is 0 Å². The Morgan fingerprint density at radius 3 is 2.61 bits per heavy atom. The first kappa shape index (κ1) is 19.3. The van der Waals surface area contributed by atoms with Crippen molar-refractivity contribution < 1.29 is 4.79 Å². The summed E-state index contributed by atoms with van der Waals surface area (Å²) in [5.41, 5.74) is 3.72. The van der Waals surface area contributed by atoms with Crippen LogP contribution in [0, 0.1) is 0 Å². The summed E-state index contributed by atoms with van der Waals surface area (Å²) in [5, 5.41) is 1.08. The maximum Gasteiger partial charge on any atom is 0.232 e. The second-order valence-electron chi connectivity index (χ2n) is 6.96. The minimum absolute atomic E-state index is 0.248. The van der Waals surface area contributed by atoms with Crippen molar-refractivity contribution in [2.75, 3.05) is 36.8 Å². The highest BCUT2D eigenvalue weighted by molar-refractivity contribution is 7.99. The molecule has 1 aliphatic heterocycles. The van der Waals surface area contributed by atoms with Gasteiger partial charge in [-0.1, -0.05) is 60.7 Å². The Hall–Kier alpha value is -2.05. The first-order chi connectivity index (χ1) is 13.7. The lowest BCUT2D eigenvalue weighted by molar-refractivity contribution is -0.128. The SMILES string of the molecule is CCc1cccc2sc(N3CCN(C(=O)CSCc4ccccc4)CC3)nc12. The van der Waals surface area contributed by atoms with Gasteiger partial charge in [0.05, 0.1) is 16.0 Å². The van der Waals surface area contributed by atoms with Crippen LogP contribution in [0.5, 0.6) is 0 Å². The summed E-state index contributed by atoms with van der Waals surface area (Å²) < 4.78 is 1.25. The van der Waals surface area contributed by atoms with Crippen LogP contribution in [0.25, 0.3) is 10.2 Å². The highest BCUT2D eigenvalue weighted by atomic mass is 32.2. The van der Waals surface area contributed by atoms with Gasteiger partial charge in [-0.15, -0.1) is 11.8 Å². The van der Waals surface area contributed by atoms with Gasteiger partial charge in [0.25, 0.3) is 0 Å². The fourth-order valence-electron chi connectivity index (χ4n) is 3.48. The summed E-state index contributed by atoms with van der Waals surface area (Å²) in [6.45, 7) is 5.45. The first-order valence-corrected chi connectivity index (χ1v) is 11.7. The van der Waals surface area contributed by atoms with Gasteiger partial charge in [-0.3, -0.25) is 4.79 Å². The molecule has 2 aromatic carbocycles. The number of rotatable bonds is 6. The zero-order valence-electron chi connectivity index (χ0n) is 16.1. The molecule has 1 aromatic heterocycles. The van der Waals surface area contributed by atoms with E-state index in [1.54, 1.807) is 23.1 Å². The third kappa shape index (κ3) is 4.33. The number of piperazine rings is 1. The number of para-hydroxylation sites is 1. The second kappa shape index (κ2) is 8.97. The number of carbonyl (C=O) groups excluding carboxylic acids is 1. The summed E-state index contributed by atoms with van der Waals surface area (Å²) in [6, 6.07) is 16.8. The van der Waals surface area contributed by atoms with Gasteiger partial charge in [0.15, 0.2) is 5.13 Å². The van der Waals surface area contributed by atoms with Gasteiger partial charge in [-0.25, -0.2) is 4.98 Å². The van der Waals surface area contributed by atoms with Crippen molar-refractivity contribution >= 4 is 44.4 Å². The monoisotopic (exact) mass is 411 g/mol. The Morgan fingerprint density at radius 1 is 1.07 bits per heavy atom. The molecule has 6 heteroatoms. The number of benzene rings is 2. The van der Waals surface area contributed by atoms with Crippen molar-refractivity contribution in [1.82, 2.24) is 9.88 Å². The van der Waals surface area contributed by atoms with Crippen LogP contribution in [0.2, 0.25) is 0 Å². The second-order valence-corrected chi connectivity index (χ2v) is 8.95. The molecule has 1 fully saturated rings. The number of amides is 1. The molecule has 28 heavy (non-hydrogen) atoms. The number of hydrogen-bond acceptors (Lipinski definition) is 5. The minimum atomic E-state index is 0.248. The fraction of sp³-hybridized carbons (Fsp3) is 0.364. The quantitative estimate of drug-likeness (QED) is 0.601. The molecule has 4 nitrogen and oxygen atoms in total. The van der Waals surface area contributed by atoms with Crippen LogP contribution in [-0.2, 0) is 17.0 Å². The molecule has 4 rings (SSSR count). The summed E-state index contributed by atoms with van der Waals surface area (Å²) in [5.74, 6) is 1.69. The molecule has 1 saturated heterocycles. The summed E-state index contributed by atoms with van der Waals surface area (Å²) in [7, 11) is 0. The van der Waals surface area contributed by atoms with Crippen LogP contribution in [-0.4, -0.2) is 47.7 Å². The van der Waals surface area contributed by atoms with E-state index in [9.17, 15) is 4.79 Å².